The summed E-state index contributed by atoms with van der Waals surface area (Å²) in [5.74, 6) is 0. The number of hydrogen-bond donors (Lipinski definition) is 2. The zero-order valence-corrected chi connectivity index (χ0v) is 9.79. The number of nitrogens with zero attached hydrogens (tertiary/aromatic N) is 1. The highest BCUT2D eigenvalue weighted by atomic mass is 79.9. The van der Waals surface area contributed by atoms with E-state index in [0.717, 1.165) is 28.7 Å². The summed E-state index contributed by atoms with van der Waals surface area (Å²) in [6.45, 7) is 0. The maximum Gasteiger partial charge on any atom is 0.0682 e. The summed E-state index contributed by atoms with van der Waals surface area (Å²) in [5, 5.41) is 8.02. The first-order valence-electron chi connectivity index (χ1n) is 4.75. The number of H-pyrrole nitrogens is 1. The molecule has 0 bridgehead atoms. The van der Waals surface area contributed by atoms with Gasteiger partial charge in [0, 0.05) is 11.0 Å². The molecule has 0 spiro atoms. The molecule has 3 N–H and O–H groups in total. The van der Waals surface area contributed by atoms with E-state index < -0.39 is 0 Å². The van der Waals surface area contributed by atoms with Gasteiger partial charge in [-0.05, 0) is 29.7 Å². The third kappa shape index (κ3) is 2.21. The van der Waals surface area contributed by atoms with Gasteiger partial charge in [0.2, 0.25) is 0 Å². The number of alkyl halides is 1. The standard InChI is InChI=1S/C11H12BrN3/c12-6-5-9-7-14-15-11(9)8-1-3-10(13)4-2-8/h1-4,7H,5-6,13H2,(H,14,15). The smallest absolute Gasteiger partial charge is 0.0682 e. The Morgan fingerprint density at radius 3 is 2.67 bits per heavy atom. The molecule has 0 aliphatic carbocycles. The number of nitrogens with one attached hydrogen (secondary N) is 1. The van der Waals surface area contributed by atoms with Crippen molar-refractivity contribution in [2.45, 2.75) is 6.42 Å². The molecule has 3 nitrogen and oxygen atoms in total. The van der Waals surface area contributed by atoms with Crippen molar-refractivity contribution < 1.29 is 0 Å². The van der Waals surface area contributed by atoms with Crippen LogP contribution in [-0.4, -0.2) is 15.5 Å². The van der Waals surface area contributed by atoms with Crippen LogP contribution < -0.4 is 5.73 Å². The maximum atomic E-state index is 5.64. The number of halogens is 1. The number of aryl methyl sites for hydroxylation is 1. The second-order valence-electron chi connectivity index (χ2n) is 3.33. The lowest BCUT2D eigenvalue weighted by Crippen LogP contribution is -1.89. The zero-order chi connectivity index (χ0) is 10.7. The normalized spacial score (nSPS) is 10.5. The van der Waals surface area contributed by atoms with Crippen LogP contribution in [0.3, 0.4) is 0 Å². The fraction of sp³-hybridized carbons (Fsp3) is 0.182. The Kier molecular flexibility index (Phi) is 3.06. The van der Waals surface area contributed by atoms with Gasteiger partial charge in [-0.25, -0.2) is 0 Å². The SMILES string of the molecule is Nc1ccc(-c2[nH]ncc2CCBr)cc1. The van der Waals surface area contributed by atoms with Gasteiger partial charge < -0.3 is 5.73 Å². The molecule has 15 heavy (non-hydrogen) atoms. The van der Waals surface area contributed by atoms with Gasteiger partial charge >= 0.3 is 0 Å². The molecule has 2 aromatic rings. The van der Waals surface area contributed by atoms with Gasteiger partial charge in [0.15, 0.2) is 0 Å². The van der Waals surface area contributed by atoms with Gasteiger partial charge in [-0.15, -0.1) is 0 Å². The predicted octanol–water partition coefficient (Wildman–Crippen LogP) is 2.60. The Labute approximate surface area is 96.8 Å². The number of nitrogen functional groups attached to an aromatic ring is 1. The van der Waals surface area contributed by atoms with Crippen molar-refractivity contribution in [1.29, 1.82) is 0 Å². The Morgan fingerprint density at radius 2 is 2.00 bits per heavy atom. The summed E-state index contributed by atoms with van der Waals surface area (Å²) in [4.78, 5) is 0. The van der Waals surface area contributed by atoms with Gasteiger partial charge in [0.25, 0.3) is 0 Å². The van der Waals surface area contributed by atoms with Crippen LogP contribution >= 0.6 is 15.9 Å². The largest absolute Gasteiger partial charge is 0.399 e. The summed E-state index contributed by atoms with van der Waals surface area (Å²) in [7, 11) is 0. The molecule has 0 unspecified atom stereocenters. The second kappa shape index (κ2) is 4.49. The fourth-order valence-corrected chi connectivity index (χ4v) is 1.93. The third-order valence-electron chi connectivity index (χ3n) is 2.28. The molecule has 0 atom stereocenters. The van der Waals surface area contributed by atoms with Gasteiger partial charge in [-0.1, -0.05) is 28.1 Å². The monoisotopic (exact) mass is 265 g/mol. The topological polar surface area (TPSA) is 54.7 Å². The first-order chi connectivity index (χ1) is 7.31. The predicted molar refractivity (Wildman–Crippen MR) is 65.9 cm³/mol. The molecular weight excluding hydrogens is 254 g/mol. The lowest BCUT2D eigenvalue weighted by molar-refractivity contribution is 1.10. The molecular formula is C11H12BrN3. The maximum absolute atomic E-state index is 5.64. The van der Waals surface area contributed by atoms with E-state index in [9.17, 15) is 0 Å². The van der Waals surface area contributed by atoms with E-state index in [1.165, 1.54) is 5.56 Å². The highest BCUT2D eigenvalue weighted by Gasteiger charge is 2.06. The molecule has 0 aliphatic heterocycles. The lowest BCUT2D eigenvalue weighted by atomic mass is 10.1. The molecule has 78 valence electrons. The lowest BCUT2D eigenvalue weighted by Gasteiger charge is -2.02. The molecule has 0 radical (unpaired) electrons. The number of aromatic amines is 1. The summed E-state index contributed by atoms with van der Waals surface area (Å²) < 4.78 is 0. The number of benzene rings is 1. The Balaban J connectivity index is 2.36. The molecule has 1 heterocycles. The average Bonchev–Trinajstić information content (AvgIpc) is 2.68. The van der Waals surface area contributed by atoms with Crippen molar-refractivity contribution in [2.75, 3.05) is 11.1 Å². The molecule has 2 rings (SSSR count). The zero-order valence-electron chi connectivity index (χ0n) is 8.20. The Hall–Kier alpha value is -1.29. The van der Waals surface area contributed by atoms with Gasteiger partial charge in [-0.3, -0.25) is 5.10 Å². The first-order valence-corrected chi connectivity index (χ1v) is 5.87. The number of hydrogen-bond acceptors (Lipinski definition) is 2. The molecule has 0 amide bonds. The van der Waals surface area contributed by atoms with Gasteiger partial charge in [0.05, 0.1) is 11.9 Å². The Morgan fingerprint density at radius 1 is 1.27 bits per heavy atom. The number of nitrogens with two attached hydrogens (primary N) is 1. The van der Waals surface area contributed by atoms with Crippen molar-refractivity contribution in [2.24, 2.45) is 0 Å². The van der Waals surface area contributed by atoms with E-state index in [2.05, 4.69) is 26.1 Å². The third-order valence-corrected chi connectivity index (χ3v) is 2.68. The van der Waals surface area contributed by atoms with E-state index in [1.807, 2.05) is 30.5 Å². The van der Waals surface area contributed by atoms with Crippen LogP contribution in [0.5, 0.6) is 0 Å². The van der Waals surface area contributed by atoms with E-state index in [0.29, 0.717) is 0 Å². The quantitative estimate of drug-likeness (QED) is 0.662. The minimum Gasteiger partial charge on any atom is -0.399 e. The molecule has 1 aromatic heterocycles. The molecule has 0 aliphatic rings. The molecule has 0 saturated carbocycles. The minimum atomic E-state index is 0.778. The highest BCUT2D eigenvalue weighted by molar-refractivity contribution is 9.09. The van der Waals surface area contributed by atoms with E-state index in [1.54, 1.807) is 0 Å². The second-order valence-corrected chi connectivity index (χ2v) is 4.12. The van der Waals surface area contributed by atoms with Crippen molar-refractivity contribution in [1.82, 2.24) is 10.2 Å². The van der Waals surface area contributed by atoms with Crippen molar-refractivity contribution in [3.05, 3.63) is 36.0 Å². The van der Waals surface area contributed by atoms with Crippen LogP contribution in [-0.2, 0) is 6.42 Å². The molecule has 1 aromatic carbocycles. The van der Waals surface area contributed by atoms with Crippen LogP contribution in [0.2, 0.25) is 0 Å². The van der Waals surface area contributed by atoms with Gasteiger partial charge in [0.1, 0.15) is 0 Å². The number of anilines is 1. The summed E-state index contributed by atoms with van der Waals surface area (Å²) >= 11 is 3.43. The fourth-order valence-electron chi connectivity index (χ4n) is 1.50. The summed E-state index contributed by atoms with van der Waals surface area (Å²) in [6.07, 6.45) is 2.84. The van der Waals surface area contributed by atoms with Crippen LogP contribution in [0, 0.1) is 0 Å². The molecule has 0 saturated heterocycles. The van der Waals surface area contributed by atoms with E-state index in [-0.39, 0.29) is 0 Å². The van der Waals surface area contributed by atoms with Crippen molar-refractivity contribution >= 4 is 21.6 Å². The number of aromatic nitrogens is 2. The van der Waals surface area contributed by atoms with Crippen LogP contribution in [0.25, 0.3) is 11.3 Å². The van der Waals surface area contributed by atoms with E-state index in [4.69, 9.17) is 5.73 Å². The molecule has 0 fully saturated rings. The van der Waals surface area contributed by atoms with Crippen LogP contribution in [0.1, 0.15) is 5.56 Å². The van der Waals surface area contributed by atoms with Crippen molar-refractivity contribution in [3.63, 3.8) is 0 Å². The Bertz CT molecular complexity index is 433. The minimum absolute atomic E-state index is 0.778. The highest BCUT2D eigenvalue weighted by Crippen LogP contribution is 2.22. The number of rotatable bonds is 3. The van der Waals surface area contributed by atoms with Gasteiger partial charge in [-0.2, -0.15) is 5.10 Å². The van der Waals surface area contributed by atoms with Crippen molar-refractivity contribution in [3.8, 4) is 11.3 Å². The average molecular weight is 266 g/mol. The van der Waals surface area contributed by atoms with E-state index >= 15 is 0 Å². The van der Waals surface area contributed by atoms with Crippen LogP contribution in [0.4, 0.5) is 5.69 Å². The first kappa shape index (κ1) is 10.2. The van der Waals surface area contributed by atoms with Crippen LogP contribution in [0.15, 0.2) is 30.5 Å². The summed E-state index contributed by atoms with van der Waals surface area (Å²) in [5.41, 5.74) is 9.84. The summed E-state index contributed by atoms with van der Waals surface area (Å²) in [6, 6.07) is 7.79. The molecule has 4 heteroatoms.